The van der Waals surface area contributed by atoms with E-state index in [0.29, 0.717) is 17.5 Å². The number of fused-ring (bicyclic) bond motifs is 11. The van der Waals surface area contributed by atoms with Gasteiger partial charge in [-0.3, -0.25) is 0 Å². The molecule has 3 heteroatoms. The predicted molar refractivity (Wildman–Crippen MR) is 259 cm³/mol. The summed E-state index contributed by atoms with van der Waals surface area (Å²) in [5, 5.41) is 12.6. The van der Waals surface area contributed by atoms with Gasteiger partial charge in [0.2, 0.25) is 0 Å². The van der Waals surface area contributed by atoms with Crippen molar-refractivity contribution in [2.45, 2.75) is 0 Å². The Morgan fingerprint density at radius 3 is 1.34 bits per heavy atom. The van der Waals surface area contributed by atoms with E-state index >= 15 is 0 Å². The molecule has 286 valence electrons. The fourth-order valence-electron chi connectivity index (χ4n) is 10.0. The van der Waals surface area contributed by atoms with Crippen LogP contribution in [0.3, 0.4) is 0 Å². The standard InChI is InChI=1S/C59H35N3/c1-2-14-37(15-3-1)57-60-58(38-30-28-36(29-31-38)41-32-33-52-45-21-6-5-20-44(45)51-27-13-26-48(41)55(51)52)62-59(61-57)40-17-12-16-39(34-40)53-35-54-46-22-7-4-18-42(46)43-19-8-10-24-49(43)56(54)50-25-11-9-23-47(50)53/h1-35H. The summed E-state index contributed by atoms with van der Waals surface area (Å²) in [6.07, 6.45) is 0. The number of aromatic nitrogens is 3. The first-order valence-corrected chi connectivity index (χ1v) is 21.2. The van der Waals surface area contributed by atoms with Crippen molar-refractivity contribution >= 4 is 53.9 Å². The van der Waals surface area contributed by atoms with E-state index in [4.69, 9.17) is 15.0 Å². The van der Waals surface area contributed by atoms with Crippen LogP contribution in [0.1, 0.15) is 0 Å². The van der Waals surface area contributed by atoms with Crippen LogP contribution >= 0.6 is 0 Å². The highest BCUT2D eigenvalue weighted by atomic mass is 15.0. The normalized spacial score (nSPS) is 11.9. The summed E-state index contributed by atoms with van der Waals surface area (Å²) in [5.74, 6) is 1.91. The monoisotopic (exact) mass is 785 g/mol. The van der Waals surface area contributed by atoms with Crippen molar-refractivity contribution in [1.29, 1.82) is 0 Å². The van der Waals surface area contributed by atoms with Crippen molar-refractivity contribution in [2.75, 3.05) is 0 Å². The van der Waals surface area contributed by atoms with Crippen LogP contribution in [-0.2, 0) is 0 Å². The zero-order chi connectivity index (χ0) is 40.7. The highest BCUT2D eigenvalue weighted by Gasteiger charge is 2.23. The lowest BCUT2D eigenvalue weighted by atomic mass is 9.87. The highest BCUT2D eigenvalue weighted by Crippen LogP contribution is 2.49. The van der Waals surface area contributed by atoms with E-state index in [9.17, 15) is 0 Å². The van der Waals surface area contributed by atoms with Gasteiger partial charge in [0.1, 0.15) is 0 Å². The van der Waals surface area contributed by atoms with Gasteiger partial charge in [0, 0.05) is 16.7 Å². The summed E-state index contributed by atoms with van der Waals surface area (Å²) < 4.78 is 0. The number of nitrogens with zero attached hydrogens (tertiary/aromatic N) is 3. The average Bonchev–Trinajstić information content (AvgIpc) is 3.68. The summed E-state index contributed by atoms with van der Waals surface area (Å²) in [6, 6.07) is 76.3. The van der Waals surface area contributed by atoms with Crippen molar-refractivity contribution in [2.24, 2.45) is 0 Å². The lowest BCUT2D eigenvalue weighted by Gasteiger charge is -2.16. The van der Waals surface area contributed by atoms with Crippen LogP contribution in [0.4, 0.5) is 0 Å². The zero-order valence-electron chi connectivity index (χ0n) is 33.5. The molecule has 0 aliphatic heterocycles. The van der Waals surface area contributed by atoms with Crippen LogP contribution in [0.25, 0.3) is 133 Å². The van der Waals surface area contributed by atoms with E-state index in [1.165, 1.54) is 87.2 Å². The molecule has 62 heavy (non-hydrogen) atoms. The van der Waals surface area contributed by atoms with Crippen molar-refractivity contribution in [3.8, 4) is 78.7 Å². The molecule has 0 spiro atoms. The largest absolute Gasteiger partial charge is 0.208 e. The third kappa shape index (κ3) is 5.28. The van der Waals surface area contributed by atoms with E-state index in [2.05, 4.69) is 194 Å². The van der Waals surface area contributed by atoms with E-state index in [-0.39, 0.29) is 0 Å². The molecule has 0 radical (unpaired) electrons. The minimum Gasteiger partial charge on any atom is -0.208 e. The van der Waals surface area contributed by atoms with E-state index in [1.807, 2.05) is 18.2 Å². The SMILES string of the molecule is c1ccc(-c2nc(-c3ccc(-c4ccc5c6c(cccc46)-c4ccccc4-5)cc3)nc(-c3cccc(-c4cc5c6ccccc6c6ccccc6c5c5ccccc45)c3)n2)cc1. The van der Waals surface area contributed by atoms with Crippen LogP contribution in [0.2, 0.25) is 0 Å². The van der Waals surface area contributed by atoms with Gasteiger partial charge in [0.05, 0.1) is 0 Å². The molecule has 1 aliphatic rings. The number of rotatable bonds is 5. The minimum absolute atomic E-state index is 0.633. The average molecular weight is 786 g/mol. The molecule has 0 bridgehead atoms. The number of benzene rings is 11. The molecule has 0 unspecified atom stereocenters. The van der Waals surface area contributed by atoms with Crippen molar-refractivity contribution in [1.82, 2.24) is 15.0 Å². The molecule has 0 saturated carbocycles. The second-order valence-electron chi connectivity index (χ2n) is 16.2. The maximum Gasteiger partial charge on any atom is 0.164 e. The Bertz CT molecular complexity index is 3770. The Labute approximate surface area is 358 Å². The smallest absolute Gasteiger partial charge is 0.164 e. The molecule has 0 atom stereocenters. The molecular formula is C59H35N3. The highest BCUT2D eigenvalue weighted by molar-refractivity contribution is 6.33. The Hall–Kier alpha value is -8.27. The number of hydrogen-bond donors (Lipinski definition) is 0. The van der Waals surface area contributed by atoms with E-state index < -0.39 is 0 Å². The second-order valence-corrected chi connectivity index (χ2v) is 16.2. The topological polar surface area (TPSA) is 38.7 Å². The van der Waals surface area contributed by atoms with Crippen LogP contribution in [0.15, 0.2) is 212 Å². The Balaban J connectivity index is 0.946. The van der Waals surface area contributed by atoms with Gasteiger partial charge in [-0.1, -0.05) is 200 Å². The van der Waals surface area contributed by atoms with Crippen molar-refractivity contribution in [3.63, 3.8) is 0 Å². The summed E-state index contributed by atoms with van der Waals surface area (Å²) in [4.78, 5) is 15.4. The van der Waals surface area contributed by atoms with Crippen LogP contribution in [0, 0.1) is 0 Å². The maximum absolute atomic E-state index is 5.21. The molecule has 0 amide bonds. The summed E-state index contributed by atoms with van der Waals surface area (Å²) >= 11 is 0. The lowest BCUT2D eigenvalue weighted by molar-refractivity contribution is 1.07. The molecule has 1 heterocycles. The Kier molecular flexibility index (Phi) is 7.60. The third-order valence-electron chi connectivity index (χ3n) is 12.8. The first-order valence-electron chi connectivity index (χ1n) is 21.2. The fourth-order valence-corrected chi connectivity index (χ4v) is 10.0. The van der Waals surface area contributed by atoms with Gasteiger partial charge in [0.25, 0.3) is 0 Å². The van der Waals surface area contributed by atoms with Gasteiger partial charge in [0.15, 0.2) is 17.5 Å². The first kappa shape index (κ1) is 34.6. The van der Waals surface area contributed by atoms with Crippen LogP contribution < -0.4 is 0 Å². The Morgan fingerprint density at radius 2 is 0.629 bits per heavy atom. The van der Waals surface area contributed by atoms with Gasteiger partial charge in [-0.05, 0) is 111 Å². The first-order chi connectivity index (χ1) is 30.7. The van der Waals surface area contributed by atoms with Gasteiger partial charge in [-0.2, -0.15) is 0 Å². The number of hydrogen-bond acceptors (Lipinski definition) is 3. The van der Waals surface area contributed by atoms with Gasteiger partial charge >= 0.3 is 0 Å². The molecule has 3 nitrogen and oxygen atoms in total. The summed E-state index contributed by atoms with van der Waals surface area (Å²) in [6.45, 7) is 0. The molecule has 0 N–H and O–H groups in total. The molecule has 11 aromatic carbocycles. The van der Waals surface area contributed by atoms with Gasteiger partial charge in [-0.15, -0.1) is 0 Å². The molecule has 0 saturated heterocycles. The van der Waals surface area contributed by atoms with Crippen LogP contribution in [-0.4, -0.2) is 15.0 Å². The predicted octanol–water partition coefficient (Wildman–Crippen LogP) is 15.6. The summed E-state index contributed by atoms with van der Waals surface area (Å²) in [7, 11) is 0. The van der Waals surface area contributed by atoms with E-state index in [0.717, 1.165) is 27.8 Å². The van der Waals surface area contributed by atoms with Gasteiger partial charge in [-0.25, -0.2) is 15.0 Å². The quantitative estimate of drug-likeness (QED) is 0.163. The molecule has 0 fully saturated rings. The summed E-state index contributed by atoms with van der Waals surface area (Å²) in [5.41, 5.74) is 12.7. The molecule has 1 aromatic heterocycles. The van der Waals surface area contributed by atoms with Crippen molar-refractivity contribution < 1.29 is 0 Å². The van der Waals surface area contributed by atoms with Gasteiger partial charge < -0.3 is 0 Å². The molecule has 1 aliphatic carbocycles. The fraction of sp³-hybridized carbons (Fsp3) is 0. The zero-order valence-corrected chi connectivity index (χ0v) is 33.5. The Morgan fingerprint density at radius 1 is 0.194 bits per heavy atom. The minimum atomic E-state index is 0.633. The molecule has 13 rings (SSSR count). The second kappa shape index (κ2) is 13.6. The lowest BCUT2D eigenvalue weighted by Crippen LogP contribution is -2.00. The molecule has 12 aromatic rings. The van der Waals surface area contributed by atoms with E-state index in [1.54, 1.807) is 0 Å². The molecular weight excluding hydrogens is 751 g/mol. The van der Waals surface area contributed by atoms with Crippen molar-refractivity contribution in [3.05, 3.63) is 212 Å². The third-order valence-corrected chi connectivity index (χ3v) is 12.8. The maximum atomic E-state index is 5.21. The van der Waals surface area contributed by atoms with Crippen LogP contribution in [0.5, 0.6) is 0 Å².